The van der Waals surface area contributed by atoms with E-state index >= 15 is 0 Å². The number of pyridine rings is 1. The number of nitrogens with zero attached hydrogens (tertiary/aromatic N) is 2. The molecule has 0 saturated heterocycles. The first-order valence-corrected chi connectivity index (χ1v) is 9.44. The zero-order chi connectivity index (χ0) is 19.8. The Labute approximate surface area is 166 Å². The van der Waals surface area contributed by atoms with E-state index in [1.165, 1.54) is 0 Å². The summed E-state index contributed by atoms with van der Waals surface area (Å²) in [4.78, 5) is 17.9. The summed E-state index contributed by atoms with van der Waals surface area (Å²) < 4.78 is 16.1. The van der Waals surface area contributed by atoms with Crippen molar-refractivity contribution in [3.63, 3.8) is 0 Å². The lowest BCUT2D eigenvalue weighted by Crippen LogP contribution is -2.10. The van der Waals surface area contributed by atoms with Crippen molar-refractivity contribution in [3.8, 4) is 0 Å². The smallest absolute Gasteiger partial charge is 0.339 e. The van der Waals surface area contributed by atoms with Crippen LogP contribution in [0, 0.1) is 6.92 Å². The summed E-state index contributed by atoms with van der Waals surface area (Å²) in [5, 5.41) is 4.68. The molecule has 0 unspecified atom stereocenters. The number of furan rings is 1. The van der Waals surface area contributed by atoms with Crippen LogP contribution in [0.3, 0.4) is 0 Å². The first-order valence-electron chi connectivity index (χ1n) is 9.44. The quantitative estimate of drug-likeness (QED) is 0.461. The number of benzene rings is 1. The van der Waals surface area contributed by atoms with Gasteiger partial charge in [0.05, 0.1) is 23.0 Å². The molecule has 0 bridgehead atoms. The third kappa shape index (κ3) is 3.23. The first-order chi connectivity index (χ1) is 14.2. The van der Waals surface area contributed by atoms with Crippen molar-refractivity contribution < 1.29 is 18.5 Å². The van der Waals surface area contributed by atoms with Gasteiger partial charge in [-0.05, 0) is 55.2 Å². The van der Waals surface area contributed by atoms with Crippen molar-refractivity contribution in [2.75, 3.05) is 0 Å². The van der Waals surface area contributed by atoms with Gasteiger partial charge < -0.3 is 13.7 Å². The van der Waals surface area contributed by atoms with Crippen LogP contribution >= 0.6 is 0 Å². The summed E-state index contributed by atoms with van der Waals surface area (Å²) in [6.07, 6.45) is 5.15. The normalized spacial score (nSPS) is 14.4. The van der Waals surface area contributed by atoms with Gasteiger partial charge in [-0.25, -0.2) is 9.78 Å². The maximum absolute atomic E-state index is 13.1. The van der Waals surface area contributed by atoms with Crippen molar-refractivity contribution in [2.24, 2.45) is 0 Å². The van der Waals surface area contributed by atoms with Gasteiger partial charge >= 0.3 is 5.97 Å². The highest BCUT2D eigenvalue weighted by atomic mass is 16.5. The highest BCUT2D eigenvalue weighted by Gasteiger charge is 2.28. The zero-order valence-electron chi connectivity index (χ0n) is 15.8. The number of esters is 1. The molecule has 3 heterocycles. The summed E-state index contributed by atoms with van der Waals surface area (Å²) in [5.74, 6) is 1.08. The molecule has 6 nitrogen and oxygen atoms in total. The van der Waals surface area contributed by atoms with E-state index in [9.17, 15) is 4.79 Å². The lowest BCUT2D eigenvalue weighted by molar-refractivity contribution is 0.0465. The highest BCUT2D eigenvalue weighted by Crippen LogP contribution is 2.37. The number of rotatable bonds is 4. The van der Waals surface area contributed by atoms with Gasteiger partial charge in [0.2, 0.25) is 0 Å². The van der Waals surface area contributed by atoms with Gasteiger partial charge in [-0.2, -0.15) is 0 Å². The molecule has 0 spiro atoms. The minimum absolute atomic E-state index is 0.0662. The molecule has 0 amide bonds. The van der Waals surface area contributed by atoms with Gasteiger partial charge in [0, 0.05) is 11.5 Å². The zero-order valence-corrected chi connectivity index (χ0v) is 15.8. The molecule has 1 aromatic carbocycles. The SMILES string of the molecule is Cc1cc(COC(=O)c2c3c(nc4ccccc24)/C(=C/c2ccco2)CC3)no1. The Balaban J connectivity index is 1.56. The van der Waals surface area contributed by atoms with Gasteiger partial charge in [0.15, 0.2) is 0 Å². The number of fused-ring (bicyclic) bond motifs is 2. The molecule has 144 valence electrons. The fourth-order valence-corrected chi connectivity index (χ4v) is 3.75. The van der Waals surface area contributed by atoms with Crippen LogP contribution in [-0.4, -0.2) is 16.1 Å². The average molecular weight is 386 g/mol. The lowest BCUT2D eigenvalue weighted by Gasteiger charge is -2.12. The predicted octanol–water partition coefficient (Wildman–Crippen LogP) is 4.97. The highest BCUT2D eigenvalue weighted by molar-refractivity contribution is 6.07. The standard InChI is InChI=1S/C23H18N2O4/c1-14-11-16(25-29-14)13-28-23(26)21-18-6-2-3-7-20(18)24-22-15(8-9-19(21)22)12-17-5-4-10-27-17/h2-7,10-12H,8-9,13H2,1H3/b15-12+. The molecule has 3 aromatic heterocycles. The van der Waals surface area contributed by atoms with Gasteiger partial charge in [0.25, 0.3) is 0 Å². The first kappa shape index (κ1) is 17.4. The molecule has 6 heteroatoms. The van der Waals surface area contributed by atoms with E-state index in [0.29, 0.717) is 17.0 Å². The molecule has 0 N–H and O–H groups in total. The minimum atomic E-state index is -0.375. The Hall–Kier alpha value is -3.67. The van der Waals surface area contributed by atoms with E-state index in [1.807, 2.05) is 42.5 Å². The van der Waals surface area contributed by atoms with Crippen LogP contribution < -0.4 is 0 Å². The second-order valence-corrected chi connectivity index (χ2v) is 7.02. The maximum Gasteiger partial charge on any atom is 0.339 e. The monoisotopic (exact) mass is 386 g/mol. The third-order valence-electron chi connectivity index (χ3n) is 5.03. The molecule has 0 radical (unpaired) electrons. The van der Waals surface area contributed by atoms with Crippen molar-refractivity contribution in [3.05, 3.63) is 82.8 Å². The number of ether oxygens (including phenoxy) is 1. The van der Waals surface area contributed by atoms with E-state index in [-0.39, 0.29) is 12.6 Å². The number of hydrogen-bond acceptors (Lipinski definition) is 6. The molecule has 4 aromatic rings. The predicted molar refractivity (Wildman–Crippen MR) is 107 cm³/mol. The molecule has 1 aliphatic carbocycles. The third-order valence-corrected chi connectivity index (χ3v) is 5.03. The molecule has 0 saturated carbocycles. The number of aryl methyl sites for hydroxylation is 1. The Morgan fingerprint density at radius 1 is 1.21 bits per heavy atom. The van der Waals surface area contributed by atoms with E-state index in [1.54, 1.807) is 19.3 Å². The minimum Gasteiger partial charge on any atom is -0.465 e. The van der Waals surface area contributed by atoms with Crippen molar-refractivity contribution >= 4 is 28.5 Å². The Morgan fingerprint density at radius 2 is 2.10 bits per heavy atom. The van der Waals surface area contributed by atoms with Crippen LogP contribution in [0.25, 0.3) is 22.6 Å². The topological polar surface area (TPSA) is 78.4 Å². The van der Waals surface area contributed by atoms with Gasteiger partial charge in [-0.1, -0.05) is 23.4 Å². The fourth-order valence-electron chi connectivity index (χ4n) is 3.75. The molecule has 0 fully saturated rings. The number of aromatic nitrogens is 2. The van der Waals surface area contributed by atoms with Crippen LogP contribution in [0.1, 0.15) is 45.3 Å². The number of carbonyl (C=O) groups is 1. The van der Waals surface area contributed by atoms with Crippen LogP contribution in [0.15, 0.2) is 57.7 Å². The summed E-state index contributed by atoms with van der Waals surface area (Å²) in [7, 11) is 0. The molecular weight excluding hydrogens is 368 g/mol. The van der Waals surface area contributed by atoms with Crippen LogP contribution in [0.4, 0.5) is 0 Å². The summed E-state index contributed by atoms with van der Waals surface area (Å²) >= 11 is 0. The summed E-state index contributed by atoms with van der Waals surface area (Å²) in [6, 6.07) is 13.2. The lowest BCUT2D eigenvalue weighted by atomic mass is 10.0. The number of hydrogen-bond donors (Lipinski definition) is 0. The second kappa shape index (κ2) is 7.05. The van der Waals surface area contributed by atoms with E-state index in [4.69, 9.17) is 18.7 Å². The molecule has 0 aliphatic heterocycles. The van der Waals surface area contributed by atoms with Crippen molar-refractivity contribution in [2.45, 2.75) is 26.4 Å². The van der Waals surface area contributed by atoms with Gasteiger partial charge in [0.1, 0.15) is 23.8 Å². The average Bonchev–Trinajstić information content (AvgIpc) is 3.47. The Morgan fingerprint density at radius 3 is 2.90 bits per heavy atom. The molecule has 1 aliphatic rings. The molecule has 0 atom stereocenters. The summed E-state index contributed by atoms with van der Waals surface area (Å²) in [5.41, 5.74) is 4.75. The van der Waals surface area contributed by atoms with Crippen LogP contribution in [-0.2, 0) is 17.8 Å². The van der Waals surface area contributed by atoms with E-state index < -0.39 is 0 Å². The Bertz CT molecular complexity index is 1240. The number of allylic oxidation sites excluding steroid dienone is 1. The van der Waals surface area contributed by atoms with Crippen molar-refractivity contribution in [1.82, 2.24) is 10.1 Å². The van der Waals surface area contributed by atoms with Crippen LogP contribution in [0.2, 0.25) is 0 Å². The van der Waals surface area contributed by atoms with Gasteiger partial charge in [-0.15, -0.1) is 0 Å². The van der Waals surface area contributed by atoms with Crippen LogP contribution in [0.5, 0.6) is 0 Å². The second-order valence-electron chi connectivity index (χ2n) is 7.02. The largest absolute Gasteiger partial charge is 0.465 e. The van der Waals surface area contributed by atoms with E-state index in [2.05, 4.69) is 5.16 Å². The Kier molecular flexibility index (Phi) is 4.24. The van der Waals surface area contributed by atoms with Gasteiger partial charge in [-0.3, -0.25) is 0 Å². The summed E-state index contributed by atoms with van der Waals surface area (Å²) in [6.45, 7) is 1.87. The fraction of sp³-hybridized carbons (Fsp3) is 0.174. The van der Waals surface area contributed by atoms with E-state index in [0.717, 1.165) is 46.3 Å². The molecular formula is C23H18N2O4. The number of carbonyl (C=O) groups excluding carboxylic acids is 1. The maximum atomic E-state index is 13.1. The molecule has 5 rings (SSSR count). The van der Waals surface area contributed by atoms with Crippen molar-refractivity contribution in [1.29, 1.82) is 0 Å². The number of para-hydroxylation sites is 1. The molecule has 29 heavy (non-hydrogen) atoms.